The van der Waals surface area contributed by atoms with Gasteiger partial charge >= 0.3 is 6.01 Å². The molecule has 9 nitrogen and oxygen atoms in total. The summed E-state index contributed by atoms with van der Waals surface area (Å²) < 4.78 is 7.21. The molecule has 1 amide bonds. The molecule has 3 heterocycles. The number of primary amides is 1. The van der Waals surface area contributed by atoms with E-state index in [1.54, 1.807) is 16.7 Å². The first kappa shape index (κ1) is 19.8. The van der Waals surface area contributed by atoms with Gasteiger partial charge in [-0.3, -0.25) is 4.79 Å². The number of aromatic nitrogens is 4. The van der Waals surface area contributed by atoms with Crippen molar-refractivity contribution in [2.45, 2.75) is 19.4 Å². The Morgan fingerprint density at radius 1 is 1.16 bits per heavy atom. The number of benzene rings is 2. The van der Waals surface area contributed by atoms with Crippen LogP contribution in [0.25, 0.3) is 17.0 Å². The van der Waals surface area contributed by atoms with Gasteiger partial charge in [0.1, 0.15) is 17.2 Å². The number of nitrogens with two attached hydrogens (primary N) is 1. The van der Waals surface area contributed by atoms with Crippen molar-refractivity contribution >= 4 is 28.6 Å². The number of nitrogens with one attached hydrogen (secondary N) is 2. The van der Waals surface area contributed by atoms with Gasteiger partial charge < -0.3 is 21.1 Å². The quantitative estimate of drug-likeness (QED) is 0.431. The first-order chi connectivity index (χ1) is 15.7. The van der Waals surface area contributed by atoms with Gasteiger partial charge in [0.05, 0.1) is 18.2 Å². The highest BCUT2D eigenvalue weighted by atomic mass is 16.5. The molecule has 2 aromatic heterocycles. The zero-order chi connectivity index (χ0) is 22.1. The van der Waals surface area contributed by atoms with E-state index in [-0.39, 0.29) is 6.01 Å². The summed E-state index contributed by atoms with van der Waals surface area (Å²) in [4.78, 5) is 26.0. The van der Waals surface area contributed by atoms with Crippen molar-refractivity contribution in [1.29, 1.82) is 0 Å². The number of fused-ring (bicyclic) bond motifs is 2. The Balaban J connectivity index is 1.64. The molecular weight excluding hydrogens is 406 g/mol. The van der Waals surface area contributed by atoms with Crippen LogP contribution >= 0.6 is 0 Å². The summed E-state index contributed by atoms with van der Waals surface area (Å²) in [6, 6.07) is 15.7. The SMILES string of the molecule is COc1nc2c(C(N)=O)cccc2n1-c1nc2c(c(NCc3ccccc3)n1)CCCN2. The van der Waals surface area contributed by atoms with E-state index >= 15 is 0 Å². The molecule has 5 rings (SSSR count). The first-order valence-corrected chi connectivity index (χ1v) is 10.4. The Hall–Kier alpha value is -4.14. The monoisotopic (exact) mass is 429 g/mol. The molecule has 1 aliphatic rings. The van der Waals surface area contributed by atoms with Gasteiger partial charge in [-0.2, -0.15) is 15.0 Å². The fraction of sp³-hybridized carbons (Fsp3) is 0.217. The van der Waals surface area contributed by atoms with Crippen LogP contribution in [0.15, 0.2) is 48.5 Å². The smallest absolute Gasteiger partial charge is 0.304 e. The van der Waals surface area contributed by atoms with Crippen LogP contribution in [0.2, 0.25) is 0 Å². The summed E-state index contributed by atoms with van der Waals surface area (Å²) in [6.45, 7) is 1.48. The van der Waals surface area contributed by atoms with Crippen molar-refractivity contribution < 1.29 is 9.53 Å². The van der Waals surface area contributed by atoms with E-state index in [0.717, 1.165) is 42.1 Å². The van der Waals surface area contributed by atoms with Gasteiger partial charge in [0.25, 0.3) is 5.91 Å². The number of methoxy groups -OCH3 is 1. The van der Waals surface area contributed by atoms with Crippen LogP contribution in [-0.2, 0) is 13.0 Å². The van der Waals surface area contributed by atoms with Crippen LogP contribution in [-0.4, -0.2) is 39.1 Å². The molecule has 32 heavy (non-hydrogen) atoms. The largest absolute Gasteiger partial charge is 0.468 e. The summed E-state index contributed by atoms with van der Waals surface area (Å²) >= 11 is 0. The molecule has 0 spiro atoms. The van der Waals surface area contributed by atoms with Crippen LogP contribution in [0, 0.1) is 0 Å². The van der Waals surface area contributed by atoms with E-state index in [2.05, 4.69) is 27.8 Å². The Morgan fingerprint density at radius 3 is 2.78 bits per heavy atom. The lowest BCUT2D eigenvalue weighted by molar-refractivity contribution is 0.100. The average molecular weight is 429 g/mol. The molecule has 2 aromatic carbocycles. The molecule has 0 saturated heterocycles. The Morgan fingerprint density at radius 2 is 2.00 bits per heavy atom. The van der Waals surface area contributed by atoms with Crippen molar-refractivity contribution in [1.82, 2.24) is 19.5 Å². The third-order valence-corrected chi connectivity index (χ3v) is 5.50. The molecule has 4 N–H and O–H groups in total. The lowest BCUT2D eigenvalue weighted by atomic mass is 10.1. The van der Waals surface area contributed by atoms with Gasteiger partial charge in [-0.15, -0.1) is 0 Å². The predicted octanol–water partition coefficient (Wildman–Crippen LogP) is 2.89. The average Bonchev–Trinajstić information content (AvgIpc) is 3.21. The van der Waals surface area contributed by atoms with E-state index < -0.39 is 5.91 Å². The van der Waals surface area contributed by atoms with Gasteiger partial charge in [-0.25, -0.2) is 4.57 Å². The van der Waals surface area contributed by atoms with Crippen LogP contribution < -0.4 is 21.1 Å². The lowest BCUT2D eigenvalue weighted by Crippen LogP contribution is -2.19. The number of nitrogens with zero attached hydrogens (tertiary/aromatic N) is 4. The highest BCUT2D eigenvalue weighted by Crippen LogP contribution is 2.31. The molecule has 4 aromatic rings. The number of para-hydroxylation sites is 1. The molecule has 0 saturated carbocycles. The van der Waals surface area contributed by atoms with Gasteiger partial charge in [-0.1, -0.05) is 36.4 Å². The number of hydrogen-bond donors (Lipinski definition) is 3. The summed E-state index contributed by atoms with van der Waals surface area (Å²) in [7, 11) is 1.52. The molecule has 1 aliphatic heterocycles. The topological polar surface area (TPSA) is 120 Å². The van der Waals surface area contributed by atoms with E-state index in [0.29, 0.717) is 29.1 Å². The number of imidazole rings is 1. The minimum Gasteiger partial charge on any atom is -0.468 e. The highest BCUT2D eigenvalue weighted by molar-refractivity contribution is 6.04. The van der Waals surface area contributed by atoms with Crippen LogP contribution in [0.4, 0.5) is 11.6 Å². The van der Waals surface area contributed by atoms with Gasteiger partial charge in [0.15, 0.2) is 0 Å². The van der Waals surface area contributed by atoms with Crippen molar-refractivity contribution in [2.75, 3.05) is 24.3 Å². The normalized spacial score (nSPS) is 12.8. The number of carbonyl (C=O) groups is 1. The standard InChI is InChI=1S/C23H23N7O2/c1-32-23-27-18-15(19(24)31)9-5-11-17(18)30(23)22-28-20-16(10-6-12-25-20)21(29-22)26-13-14-7-3-2-4-8-14/h2-5,7-9,11H,6,10,12-13H2,1H3,(H2,24,31)(H2,25,26,28,29). The van der Waals surface area contributed by atoms with Gasteiger partial charge in [0, 0.05) is 18.7 Å². The molecule has 0 fully saturated rings. The molecule has 162 valence electrons. The van der Waals surface area contributed by atoms with E-state index in [1.165, 1.54) is 7.11 Å². The Kier molecular flexibility index (Phi) is 5.06. The minimum atomic E-state index is -0.554. The van der Waals surface area contributed by atoms with E-state index in [4.69, 9.17) is 20.4 Å². The zero-order valence-electron chi connectivity index (χ0n) is 17.6. The van der Waals surface area contributed by atoms with E-state index in [9.17, 15) is 4.79 Å². The zero-order valence-corrected chi connectivity index (χ0v) is 17.6. The number of rotatable bonds is 6. The van der Waals surface area contributed by atoms with Gasteiger partial charge in [0.2, 0.25) is 5.95 Å². The fourth-order valence-corrected chi connectivity index (χ4v) is 3.96. The Bertz CT molecular complexity index is 1300. The second-order valence-electron chi connectivity index (χ2n) is 7.54. The van der Waals surface area contributed by atoms with Crippen molar-refractivity contribution in [3.63, 3.8) is 0 Å². The molecule has 0 radical (unpaired) electrons. The number of hydrogen-bond acceptors (Lipinski definition) is 7. The van der Waals surface area contributed by atoms with Crippen LogP contribution in [0.5, 0.6) is 6.01 Å². The highest BCUT2D eigenvalue weighted by Gasteiger charge is 2.23. The molecule has 9 heteroatoms. The maximum absolute atomic E-state index is 11.9. The summed E-state index contributed by atoms with van der Waals surface area (Å²) in [5, 5.41) is 6.85. The number of ether oxygens (including phenoxy) is 1. The number of anilines is 2. The summed E-state index contributed by atoms with van der Waals surface area (Å²) in [6.07, 6.45) is 1.89. The van der Waals surface area contributed by atoms with Crippen molar-refractivity contribution in [3.8, 4) is 12.0 Å². The minimum absolute atomic E-state index is 0.276. The summed E-state index contributed by atoms with van der Waals surface area (Å²) in [5.41, 5.74) is 9.16. The second-order valence-corrected chi connectivity index (χ2v) is 7.54. The van der Waals surface area contributed by atoms with Gasteiger partial charge in [-0.05, 0) is 30.5 Å². The third-order valence-electron chi connectivity index (χ3n) is 5.50. The Labute approximate surface area is 184 Å². The number of amides is 1. The lowest BCUT2D eigenvalue weighted by Gasteiger charge is -2.21. The first-order valence-electron chi connectivity index (χ1n) is 10.4. The summed E-state index contributed by atoms with van der Waals surface area (Å²) in [5.74, 6) is 1.39. The fourth-order valence-electron chi connectivity index (χ4n) is 3.96. The predicted molar refractivity (Wildman–Crippen MR) is 122 cm³/mol. The molecule has 0 bridgehead atoms. The maximum Gasteiger partial charge on any atom is 0.304 e. The third kappa shape index (κ3) is 3.47. The van der Waals surface area contributed by atoms with Crippen LogP contribution in [0.1, 0.15) is 27.9 Å². The molecule has 0 atom stereocenters. The van der Waals surface area contributed by atoms with Crippen LogP contribution in [0.3, 0.4) is 0 Å². The maximum atomic E-state index is 11.9. The van der Waals surface area contributed by atoms with E-state index in [1.807, 2.05) is 24.3 Å². The van der Waals surface area contributed by atoms with Crippen molar-refractivity contribution in [2.24, 2.45) is 5.73 Å². The second kappa shape index (κ2) is 8.18. The van der Waals surface area contributed by atoms with Crippen molar-refractivity contribution in [3.05, 3.63) is 65.2 Å². The molecule has 0 unspecified atom stereocenters. The molecule has 0 aliphatic carbocycles. The molecular formula is C23H23N7O2. The number of carbonyl (C=O) groups excluding carboxylic acids is 1.